The molecule has 16 heavy (non-hydrogen) atoms. The summed E-state index contributed by atoms with van der Waals surface area (Å²) in [5.74, 6) is 0.361. The summed E-state index contributed by atoms with van der Waals surface area (Å²) < 4.78 is 10.3. The summed E-state index contributed by atoms with van der Waals surface area (Å²) in [6.45, 7) is 1.41. The van der Waals surface area contributed by atoms with Gasteiger partial charge in [-0.1, -0.05) is 5.16 Å². The molecule has 0 spiro atoms. The summed E-state index contributed by atoms with van der Waals surface area (Å²) in [5.41, 5.74) is 0. The molecule has 6 heteroatoms. The monoisotopic (exact) mass is 226 g/mol. The number of carbonyl (C=O) groups is 1. The van der Waals surface area contributed by atoms with E-state index in [-0.39, 0.29) is 18.8 Å². The van der Waals surface area contributed by atoms with Crippen LogP contribution < -0.4 is 0 Å². The van der Waals surface area contributed by atoms with Crippen molar-refractivity contribution in [1.29, 1.82) is 0 Å². The number of rotatable bonds is 4. The predicted molar refractivity (Wildman–Crippen MR) is 53.0 cm³/mol. The van der Waals surface area contributed by atoms with Gasteiger partial charge in [0, 0.05) is 18.9 Å². The van der Waals surface area contributed by atoms with E-state index in [1.807, 2.05) is 0 Å². The molecule has 1 saturated heterocycles. The number of hydrogen-bond acceptors (Lipinski definition) is 5. The van der Waals surface area contributed by atoms with E-state index in [1.54, 1.807) is 0 Å². The number of hydrogen-bond donors (Lipinski definition) is 1. The third-order valence-corrected chi connectivity index (χ3v) is 2.56. The van der Waals surface area contributed by atoms with Gasteiger partial charge in [0.05, 0.1) is 13.0 Å². The van der Waals surface area contributed by atoms with Crippen LogP contribution in [0.5, 0.6) is 0 Å². The van der Waals surface area contributed by atoms with Gasteiger partial charge in [0.15, 0.2) is 5.82 Å². The van der Waals surface area contributed by atoms with Crippen LogP contribution in [-0.4, -0.2) is 34.4 Å². The molecule has 2 rings (SSSR count). The number of carboxylic acids is 1. The SMILES string of the molecule is O=C(O)CCc1nc(C2CCCOC2)no1. The van der Waals surface area contributed by atoms with Crippen LogP contribution in [-0.2, 0) is 16.0 Å². The Morgan fingerprint density at radius 3 is 3.12 bits per heavy atom. The van der Waals surface area contributed by atoms with Gasteiger partial charge in [0.25, 0.3) is 0 Å². The Balaban J connectivity index is 1.93. The van der Waals surface area contributed by atoms with Crippen LogP contribution in [0.25, 0.3) is 0 Å². The van der Waals surface area contributed by atoms with Crippen LogP contribution in [0.1, 0.15) is 36.9 Å². The van der Waals surface area contributed by atoms with Gasteiger partial charge in [-0.05, 0) is 12.8 Å². The average Bonchev–Trinajstić information content (AvgIpc) is 2.76. The smallest absolute Gasteiger partial charge is 0.303 e. The van der Waals surface area contributed by atoms with Gasteiger partial charge < -0.3 is 14.4 Å². The summed E-state index contributed by atoms with van der Waals surface area (Å²) >= 11 is 0. The molecule has 1 atom stereocenters. The molecule has 0 aromatic carbocycles. The topological polar surface area (TPSA) is 85.5 Å². The second-order valence-electron chi connectivity index (χ2n) is 3.85. The van der Waals surface area contributed by atoms with Crippen molar-refractivity contribution in [2.24, 2.45) is 0 Å². The second-order valence-corrected chi connectivity index (χ2v) is 3.85. The van der Waals surface area contributed by atoms with Gasteiger partial charge in [-0.15, -0.1) is 0 Å². The lowest BCUT2D eigenvalue weighted by Crippen LogP contribution is -2.16. The third kappa shape index (κ3) is 2.79. The molecule has 0 bridgehead atoms. The fourth-order valence-corrected chi connectivity index (χ4v) is 1.69. The summed E-state index contributed by atoms with van der Waals surface area (Å²) in [6, 6.07) is 0. The minimum absolute atomic E-state index is 0.0167. The van der Waals surface area contributed by atoms with Crippen molar-refractivity contribution >= 4 is 5.97 Å². The predicted octanol–water partition coefficient (Wildman–Crippen LogP) is 0.981. The minimum Gasteiger partial charge on any atom is -0.481 e. The Hall–Kier alpha value is -1.43. The van der Waals surface area contributed by atoms with Crippen LogP contribution in [0.4, 0.5) is 0 Å². The van der Waals surface area contributed by atoms with E-state index >= 15 is 0 Å². The minimum atomic E-state index is -0.860. The van der Waals surface area contributed by atoms with Crippen LogP contribution in [0.3, 0.4) is 0 Å². The number of aromatic nitrogens is 2. The molecule has 1 unspecified atom stereocenters. The van der Waals surface area contributed by atoms with Crippen molar-refractivity contribution in [3.63, 3.8) is 0 Å². The van der Waals surface area contributed by atoms with Crippen LogP contribution in [0, 0.1) is 0 Å². The number of carboxylic acid groups (broad SMARTS) is 1. The fourth-order valence-electron chi connectivity index (χ4n) is 1.69. The van der Waals surface area contributed by atoms with Crippen LogP contribution >= 0.6 is 0 Å². The van der Waals surface area contributed by atoms with E-state index in [0.717, 1.165) is 19.4 Å². The van der Waals surface area contributed by atoms with Gasteiger partial charge >= 0.3 is 5.97 Å². The number of aliphatic carboxylic acids is 1. The largest absolute Gasteiger partial charge is 0.481 e. The molecule has 0 saturated carbocycles. The normalized spacial score (nSPS) is 20.9. The first kappa shape index (κ1) is 11.1. The highest BCUT2D eigenvalue weighted by Crippen LogP contribution is 2.22. The highest BCUT2D eigenvalue weighted by Gasteiger charge is 2.21. The van der Waals surface area contributed by atoms with Crippen molar-refractivity contribution in [1.82, 2.24) is 10.1 Å². The zero-order chi connectivity index (χ0) is 11.4. The van der Waals surface area contributed by atoms with E-state index in [2.05, 4.69) is 10.1 Å². The van der Waals surface area contributed by atoms with Crippen molar-refractivity contribution in [2.75, 3.05) is 13.2 Å². The van der Waals surface area contributed by atoms with Gasteiger partial charge in [0.2, 0.25) is 5.89 Å². The zero-order valence-electron chi connectivity index (χ0n) is 8.89. The molecule has 0 aliphatic carbocycles. The van der Waals surface area contributed by atoms with Gasteiger partial charge in [0.1, 0.15) is 0 Å². The van der Waals surface area contributed by atoms with Gasteiger partial charge in [-0.2, -0.15) is 4.98 Å². The maximum absolute atomic E-state index is 10.4. The van der Waals surface area contributed by atoms with Gasteiger partial charge in [-0.25, -0.2) is 0 Å². The Labute approximate surface area is 92.6 Å². The highest BCUT2D eigenvalue weighted by atomic mass is 16.5. The van der Waals surface area contributed by atoms with Crippen LogP contribution in [0.15, 0.2) is 4.52 Å². The van der Waals surface area contributed by atoms with Crippen LogP contribution in [0.2, 0.25) is 0 Å². The van der Waals surface area contributed by atoms with E-state index in [0.29, 0.717) is 18.3 Å². The molecule has 88 valence electrons. The van der Waals surface area contributed by atoms with Crippen molar-refractivity contribution in [2.45, 2.75) is 31.6 Å². The molecular formula is C10H14N2O4. The third-order valence-electron chi connectivity index (χ3n) is 2.56. The fraction of sp³-hybridized carbons (Fsp3) is 0.700. The summed E-state index contributed by atoms with van der Waals surface area (Å²) in [4.78, 5) is 14.6. The molecule has 0 radical (unpaired) electrons. The number of aryl methyl sites for hydroxylation is 1. The van der Waals surface area contributed by atoms with E-state index in [9.17, 15) is 4.79 Å². The first-order chi connectivity index (χ1) is 7.75. The lowest BCUT2D eigenvalue weighted by atomic mass is 10.0. The Bertz CT molecular complexity index is 357. The standard InChI is InChI=1S/C10H14N2O4/c13-9(14)4-3-8-11-10(12-16-8)7-2-1-5-15-6-7/h7H,1-6H2,(H,13,14). The number of nitrogens with zero attached hydrogens (tertiary/aromatic N) is 2. The van der Waals surface area contributed by atoms with E-state index < -0.39 is 5.97 Å². The van der Waals surface area contributed by atoms with Gasteiger partial charge in [-0.3, -0.25) is 4.79 Å². The zero-order valence-corrected chi connectivity index (χ0v) is 8.89. The highest BCUT2D eigenvalue weighted by molar-refractivity contribution is 5.66. The first-order valence-electron chi connectivity index (χ1n) is 5.37. The van der Waals surface area contributed by atoms with Crippen molar-refractivity contribution in [3.05, 3.63) is 11.7 Å². The summed E-state index contributed by atoms with van der Waals surface area (Å²) in [7, 11) is 0. The molecule has 6 nitrogen and oxygen atoms in total. The molecule has 0 amide bonds. The maximum atomic E-state index is 10.4. The van der Waals surface area contributed by atoms with E-state index in [4.69, 9.17) is 14.4 Å². The number of ether oxygens (including phenoxy) is 1. The lowest BCUT2D eigenvalue weighted by molar-refractivity contribution is -0.137. The molecule has 1 aliphatic heterocycles. The molecule has 1 aromatic heterocycles. The summed E-state index contributed by atoms with van der Waals surface area (Å²) in [6.07, 6.45) is 2.31. The lowest BCUT2D eigenvalue weighted by Gasteiger charge is -2.18. The first-order valence-corrected chi connectivity index (χ1v) is 5.37. The Kier molecular flexibility index (Phi) is 3.51. The molecular weight excluding hydrogens is 212 g/mol. The van der Waals surface area contributed by atoms with Crippen molar-refractivity contribution < 1.29 is 19.2 Å². The van der Waals surface area contributed by atoms with Crippen molar-refractivity contribution in [3.8, 4) is 0 Å². The molecule has 1 aliphatic rings. The average molecular weight is 226 g/mol. The molecule has 1 fully saturated rings. The summed E-state index contributed by atoms with van der Waals surface area (Å²) in [5, 5.41) is 12.4. The maximum Gasteiger partial charge on any atom is 0.303 e. The molecule has 2 heterocycles. The van der Waals surface area contributed by atoms with E-state index in [1.165, 1.54) is 0 Å². The molecule has 1 aromatic rings. The Morgan fingerprint density at radius 1 is 1.56 bits per heavy atom. The second kappa shape index (κ2) is 5.07. The Morgan fingerprint density at radius 2 is 2.44 bits per heavy atom. The quantitative estimate of drug-likeness (QED) is 0.823. The molecule has 1 N–H and O–H groups in total.